The molecule has 1 fully saturated rings. The Morgan fingerprint density at radius 3 is 2.11 bits per heavy atom. The van der Waals surface area contributed by atoms with Gasteiger partial charge >= 0.3 is 5.97 Å². The van der Waals surface area contributed by atoms with Gasteiger partial charge in [0.15, 0.2) is 34.8 Å². The van der Waals surface area contributed by atoms with Crippen LogP contribution in [0.5, 0.6) is 5.75 Å². The normalized spacial score (nSPS) is 19.9. The molecule has 2 aliphatic carbocycles. The zero-order valence-corrected chi connectivity index (χ0v) is 26.5. The van der Waals surface area contributed by atoms with Crippen molar-refractivity contribution in [2.75, 3.05) is 6.61 Å². The molecule has 0 radical (unpaired) electrons. The highest BCUT2D eigenvalue weighted by Gasteiger charge is 2.32. The van der Waals surface area contributed by atoms with Crippen LogP contribution >= 0.6 is 0 Å². The molecule has 0 aliphatic heterocycles. The van der Waals surface area contributed by atoms with E-state index in [1.165, 1.54) is 18.2 Å². The molecular formula is C38H38F6O3. The van der Waals surface area contributed by atoms with Gasteiger partial charge in [-0.2, -0.15) is 4.39 Å². The third-order valence-corrected chi connectivity index (χ3v) is 9.21. The van der Waals surface area contributed by atoms with Gasteiger partial charge in [-0.05, 0) is 106 Å². The van der Waals surface area contributed by atoms with Crippen molar-refractivity contribution in [1.82, 2.24) is 0 Å². The smallest absolute Gasteiger partial charge is 0.309 e. The van der Waals surface area contributed by atoms with Crippen molar-refractivity contribution in [3.8, 4) is 16.9 Å². The first kappa shape index (κ1) is 34.3. The molecular weight excluding hydrogens is 618 g/mol. The number of esters is 1. The van der Waals surface area contributed by atoms with Crippen molar-refractivity contribution in [3.05, 3.63) is 106 Å². The fraction of sp³-hybridized carbons (Fsp3) is 0.395. The summed E-state index contributed by atoms with van der Waals surface area (Å²) in [5.74, 6) is -8.06. The Labute approximate surface area is 271 Å². The molecule has 0 N–H and O–H groups in total. The SMILES string of the molecule is CC=CCCc1ccc(C2=CCC(C(=O)OC3CCC(c4ccc(-c5ccc(OCC)c(F)c5F)c(F)c4F)CC3)CC2)c(F)c1F. The van der Waals surface area contributed by atoms with E-state index in [0.29, 0.717) is 68.9 Å². The average molecular weight is 657 g/mol. The number of hydrogen-bond donors (Lipinski definition) is 0. The number of hydrogen-bond acceptors (Lipinski definition) is 3. The molecule has 1 saturated carbocycles. The molecule has 0 saturated heterocycles. The summed E-state index contributed by atoms with van der Waals surface area (Å²) in [6.45, 7) is 3.61. The maximum atomic E-state index is 15.2. The van der Waals surface area contributed by atoms with E-state index in [2.05, 4.69) is 0 Å². The highest BCUT2D eigenvalue weighted by Crippen LogP contribution is 2.40. The molecule has 250 valence electrons. The van der Waals surface area contributed by atoms with Crippen LogP contribution in [0.2, 0.25) is 0 Å². The van der Waals surface area contributed by atoms with E-state index in [0.717, 1.165) is 6.07 Å². The number of carbonyl (C=O) groups is 1. The molecule has 0 heterocycles. The van der Waals surface area contributed by atoms with Gasteiger partial charge in [-0.25, -0.2) is 22.0 Å². The fourth-order valence-corrected chi connectivity index (χ4v) is 6.58. The molecule has 0 amide bonds. The molecule has 3 aromatic carbocycles. The van der Waals surface area contributed by atoms with E-state index < -0.39 is 46.4 Å². The number of halogens is 6. The van der Waals surface area contributed by atoms with Gasteiger partial charge in [0.1, 0.15) is 6.10 Å². The maximum absolute atomic E-state index is 15.2. The predicted octanol–water partition coefficient (Wildman–Crippen LogP) is 10.5. The summed E-state index contributed by atoms with van der Waals surface area (Å²) in [5, 5.41) is 0. The Morgan fingerprint density at radius 1 is 0.787 bits per heavy atom. The summed E-state index contributed by atoms with van der Waals surface area (Å²) in [6.07, 6.45) is 9.22. The van der Waals surface area contributed by atoms with Gasteiger partial charge in [-0.15, -0.1) is 0 Å². The van der Waals surface area contributed by atoms with Crippen LogP contribution in [0.15, 0.2) is 54.6 Å². The van der Waals surface area contributed by atoms with Gasteiger partial charge in [-0.3, -0.25) is 4.79 Å². The fourth-order valence-electron chi connectivity index (χ4n) is 6.58. The summed E-state index contributed by atoms with van der Waals surface area (Å²) in [4.78, 5) is 13.0. The van der Waals surface area contributed by atoms with Gasteiger partial charge in [0.05, 0.1) is 12.5 Å². The monoisotopic (exact) mass is 656 g/mol. The number of ether oxygens (including phenoxy) is 2. The standard InChI is InChI=1S/C38H38F6O3/c1-3-5-6-7-24-14-17-27(33(40)32(24)39)22-8-10-25(11-9-22)38(45)47-26-15-12-23(13-16-26)28-18-19-29(35(42)34(28)41)30-20-21-31(46-4-2)37(44)36(30)43/h3,5,8,14,17-21,23,25-26H,4,6-7,9-13,15-16H2,1-2H3. The first-order valence-corrected chi connectivity index (χ1v) is 16.2. The first-order valence-electron chi connectivity index (χ1n) is 16.2. The molecule has 5 rings (SSSR count). The molecule has 3 aromatic rings. The molecule has 9 heteroatoms. The minimum Gasteiger partial charge on any atom is -0.491 e. The molecule has 1 atom stereocenters. The zero-order chi connectivity index (χ0) is 33.7. The topological polar surface area (TPSA) is 35.5 Å². The summed E-state index contributed by atoms with van der Waals surface area (Å²) < 4.78 is 99.8. The molecule has 1 unspecified atom stereocenters. The molecule has 0 spiro atoms. The Kier molecular flexibility index (Phi) is 11.1. The molecule has 0 bridgehead atoms. The first-order chi connectivity index (χ1) is 22.6. The summed E-state index contributed by atoms with van der Waals surface area (Å²) in [6, 6.07) is 8.21. The lowest BCUT2D eigenvalue weighted by molar-refractivity contribution is -0.156. The Balaban J connectivity index is 1.16. The number of carbonyl (C=O) groups excluding carboxylic acids is 1. The third-order valence-electron chi connectivity index (χ3n) is 9.21. The quantitative estimate of drug-likeness (QED) is 0.124. The number of aryl methyl sites for hydroxylation is 1. The second-order valence-electron chi connectivity index (χ2n) is 12.1. The zero-order valence-electron chi connectivity index (χ0n) is 26.5. The average Bonchev–Trinajstić information content (AvgIpc) is 3.07. The van der Waals surface area contributed by atoms with E-state index in [1.807, 2.05) is 19.1 Å². The molecule has 47 heavy (non-hydrogen) atoms. The lowest BCUT2D eigenvalue weighted by Gasteiger charge is -2.30. The van der Waals surface area contributed by atoms with E-state index in [9.17, 15) is 22.4 Å². The van der Waals surface area contributed by atoms with Crippen LogP contribution in [0.3, 0.4) is 0 Å². The maximum Gasteiger partial charge on any atom is 0.309 e. The van der Waals surface area contributed by atoms with Crippen molar-refractivity contribution in [2.45, 2.75) is 83.7 Å². The second kappa shape index (κ2) is 15.3. The largest absolute Gasteiger partial charge is 0.491 e. The van der Waals surface area contributed by atoms with Crippen LogP contribution in [0.4, 0.5) is 26.3 Å². The summed E-state index contributed by atoms with van der Waals surface area (Å²) in [7, 11) is 0. The minimum absolute atomic E-state index is 0.118. The highest BCUT2D eigenvalue weighted by atomic mass is 19.2. The van der Waals surface area contributed by atoms with Crippen LogP contribution < -0.4 is 4.74 Å². The molecule has 3 nitrogen and oxygen atoms in total. The molecule has 2 aliphatic rings. The van der Waals surface area contributed by atoms with E-state index in [-0.39, 0.29) is 47.0 Å². The summed E-state index contributed by atoms with van der Waals surface area (Å²) in [5.41, 5.74) is 0.570. The number of allylic oxidation sites excluding steroid dienone is 4. The van der Waals surface area contributed by atoms with Gasteiger partial charge in [0.2, 0.25) is 5.82 Å². The van der Waals surface area contributed by atoms with Crippen LogP contribution in [-0.4, -0.2) is 18.7 Å². The van der Waals surface area contributed by atoms with Crippen molar-refractivity contribution < 1.29 is 40.6 Å². The van der Waals surface area contributed by atoms with Gasteiger partial charge in [0, 0.05) is 16.7 Å². The van der Waals surface area contributed by atoms with Gasteiger partial charge < -0.3 is 9.47 Å². The van der Waals surface area contributed by atoms with E-state index in [4.69, 9.17) is 9.47 Å². The highest BCUT2D eigenvalue weighted by molar-refractivity contribution is 5.76. The summed E-state index contributed by atoms with van der Waals surface area (Å²) >= 11 is 0. The van der Waals surface area contributed by atoms with Crippen molar-refractivity contribution in [2.24, 2.45) is 5.92 Å². The predicted molar refractivity (Wildman–Crippen MR) is 169 cm³/mol. The Hall–Kier alpha value is -4.01. The lowest BCUT2D eigenvalue weighted by Crippen LogP contribution is -2.28. The number of benzene rings is 3. The molecule has 0 aromatic heterocycles. The van der Waals surface area contributed by atoms with Crippen LogP contribution in [0.1, 0.15) is 87.8 Å². The third kappa shape index (κ3) is 7.44. The lowest BCUT2D eigenvalue weighted by atomic mass is 9.81. The minimum atomic E-state index is -1.32. The van der Waals surface area contributed by atoms with Gasteiger partial charge in [0.25, 0.3) is 0 Å². The number of rotatable bonds is 10. The second-order valence-corrected chi connectivity index (χ2v) is 12.1. The van der Waals surface area contributed by atoms with Crippen LogP contribution in [0.25, 0.3) is 16.7 Å². The van der Waals surface area contributed by atoms with E-state index >= 15 is 8.78 Å². The van der Waals surface area contributed by atoms with E-state index in [1.54, 1.807) is 25.1 Å². The van der Waals surface area contributed by atoms with Crippen LogP contribution in [0, 0.1) is 40.8 Å². The van der Waals surface area contributed by atoms with Crippen molar-refractivity contribution in [3.63, 3.8) is 0 Å². The van der Waals surface area contributed by atoms with Crippen molar-refractivity contribution in [1.29, 1.82) is 0 Å². The van der Waals surface area contributed by atoms with Crippen molar-refractivity contribution >= 4 is 11.5 Å². The van der Waals surface area contributed by atoms with Crippen LogP contribution in [-0.2, 0) is 16.0 Å². The Morgan fingerprint density at radius 2 is 1.45 bits per heavy atom. The Bertz CT molecular complexity index is 1670. The van der Waals surface area contributed by atoms with Gasteiger partial charge in [-0.1, -0.05) is 42.5 Å².